The van der Waals surface area contributed by atoms with E-state index in [0.29, 0.717) is 22.1 Å². The van der Waals surface area contributed by atoms with Gasteiger partial charge in [-0.1, -0.05) is 18.2 Å². The molecule has 0 heterocycles. The van der Waals surface area contributed by atoms with Crippen molar-refractivity contribution >= 4 is 38.5 Å². The molecular weight excluding hydrogens is 464 g/mol. The van der Waals surface area contributed by atoms with Gasteiger partial charge in [-0.3, -0.25) is 9.52 Å². The van der Waals surface area contributed by atoms with Gasteiger partial charge in [0.15, 0.2) is 4.90 Å². The molecule has 0 saturated carbocycles. The van der Waals surface area contributed by atoms with E-state index in [0.717, 1.165) is 0 Å². The van der Waals surface area contributed by atoms with E-state index in [1.807, 2.05) is 6.07 Å². The van der Waals surface area contributed by atoms with Gasteiger partial charge < -0.3 is 19.3 Å². The summed E-state index contributed by atoms with van der Waals surface area (Å²) < 4.78 is 50.6. The highest BCUT2D eigenvalue weighted by atomic mass is 32.2. The molecule has 0 aliphatic rings. The summed E-state index contributed by atoms with van der Waals surface area (Å²) in [7, 11) is -0.991. The highest BCUT2D eigenvalue weighted by Crippen LogP contribution is 2.31. The molecule has 10 heteroatoms. The smallest absolute Gasteiger partial charge is 0.262 e. The average molecular weight is 489 g/mol. The second-order valence-electron chi connectivity index (χ2n) is 6.86. The number of benzene rings is 3. The van der Waals surface area contributed by atoms with Crippen LogP contribution in [0.25, 0.3) is 0 Å². The Balaban J connectivity index is 1.61. The molecule has 0 saturated heterocycles. The van der Waals surface area contributed by atoms with Crippen LogP contribution in [-0.2, 0) is 26.0 Å². The van der Waals surface area contributed by atoms with E-state index in [2.05, 4.69) is 10.0 Å². The molecule has 3 rings (SSSR count). The van der Waals surface area contributed by atoms with Gasteiger partial charge in [-0.15, -0.1) is 0 Å². The summed E-state index contributed by atoms with van der Waals surface area (Å²) >= 11 is -1.27. The number of amides is 1. The first-order chi connectivity index (χ1) is 15.8. The van der Waals surface area contributed by atoms with Gasteiger partial charge in [-0.05, 0) is 59.7 Å². The summed E-state index contributed by atoms with van der Waals surface area (Å²) in [5.74, 6) is 0.694. The molecule has 0 spiro atoms. The molecule has 1 amide bonds. The first-order valence-corrected chi connectivity index (χ1v) is 12.7. The van der Waals surface area contributed by atoms with Crippen molar-refractivity contribution in [3.63, 3.8) is 0 Å². The molecule has 174 valence electrons. The van der Waals surface area contributed by atoms with Gasteiger partial charge >= 0.3 is 0 Å². The maximum Gasteiger partial charge on any atom is 0.262 e. The SMILES string of the molecule is COc1ccc(OC)c(NS(=O)(=O)c2ccc(NC(=O)CC[S+]([O-])c3ccccc3)cc2)c1. The standard InChI is InChI=1S/C23H24N2O6S2/c1-30-18-10-13-22(31-2)21(16-18)25-33(28,29)20-11-8-17(9-12-20)24-23(26)14-15-32(27)19-6-4-3-5-7-19/h3-13,16,25H,14-15H2,1-2H3,(H,24,26). The van der Waals surface area contributed by atoms with Gasteiger partial charge in [-0.2, -0.15) is 0 Å². The van der Waals surface area contributed by atoms with Crippen molar-refractivity contribution < 1.29 is 27.2 Å². The Kier molecular flexibility index (Phi) is 8.21. The van der Waals surface area contributed by atoms with Crippen LogP contribution in [0.5, 0.6) is 11.5 Å². The molecule has 2 N–H and O–H groups in total. The van der Waals surface area contributed by atoms with Crippen molar-refractivity contribution in [1.82, 2.24) is 0 Å². The van der Waals surface area contributed by atoms with Gasteiger partial charge in [0.2, 0.25) is 5.91 Å². The number of methoxy groups -OCH3 is 2. The molecule has 3 aromatic rings. The third-order valence-electron chi connectivity index (χ3n) is 4.62. The van der Waals surface area contributed by atoms with Crippen molar-refractivity contribution in [3.8, 4) is 11.5 Å². The third kappa shape index (κ3) is 6.64. The Bertz CT molecular complexity index is 1190. The lowest BCUT2D eigenvalue weighted by molar-refractivity contribution is -0.115. The van der Waals surface area contributed by atoms with Crippen LogP contribution in [0.4, 0.5) is 11.4 Å². The van der Waals surface area contributed by atoms with Crippen molar-refractivity contribution in [1.29, 1.82) is 0 Å². The fourth-order valence-electron chi connectivity index (χ4n) is 2.91. The second-order valence-corrected chi connectivity index (χ2v) is 10.1. The number of nitrogens with one attached hydrogen (secondary N) is 2. The summed E-state index contributed by atoms with van der Waals surface area (Å²) in [5.41, 5.74) is 0.670. The number of ether oxygens (including phenoxy) is 2. The fourth-order valence-corrected chi connectivity index (χ4v) is 5.04. The number of sulfonamides is 1. The van der Waals surface area contributed by atoms with Crippen LogP contribution >= 0.6 is 0 Å². The van der Waals surface area contributed by atoms with Crippen molar-refractivity contribution in [3.05, 3.63) is 72.8 Å². The Morgan fingerprint density at radius 2 is 1.67 bits per heavy atom. The van der Waals surface area contributed by atoms with Crippen molar-refractivity contribution in [2.24, 2.45) is 0 Å². The minimum atomic E-state index is -3.91. The number of anilines is 2. The first-order valence-electron chi connectivity index (χ1n) is 9.90. The van der Waals surface area contributed by atoms with E-state index < -0.39 is 21.2 Å². The first kappa shape index (κ1) is 24.4. The Hall–Kier alpha value is -3.21. The molecule has 0 fully saturated rings. The molecular formula is C23H24N2O6S2. The van der Waals surface area contributed by atoms with Crippen LogP contribution < -0.4 is 19.5 Å². The average Bonchev–Trinajstić information content (AvgIpc) is 2.83. The number of hydrogen-bond donors (Lipinski definition) is 2. The van der Waals surface area contributed by atoms with E-state index >= 15 is 0 Å². The summed E-state index contributed by atoms with van der Waals surface area (Å²) in [4.78, 5) is 12.9. The maximum absolute atomic E-state index is 12.8. The second kappa shape index (κ2) is 11.1. The molecule has 0 bridgehead atoms. The normalized spacial score (nSPS) is 12.0. The van der Waals surface area contributed by atoms with E-state index in [9.17, 15) is 17.8 Å². The number of rotatable bonds is 10. The van der Waals surface area contributed by atoms with E-state index in [4.69, 9.17) is 9.47 Å². The number of carbonyl (C=O) groups excluding carboxylic acids is 1. The lowest BCUT2D eigenvalue weighted by Crippen LogP contribution is -2.17. The predicted octanol–water partition coefficient (Wildman–Crippen LogP) is 3.64. The third-order valence-corrected chi connectivity index (χ3v) is 7.37. The molecule has 33 heavy (non-hydrogen) atoms. The zero-order valence-electron chi connectivity index (χ0n) is 18.1. The lowest BCUT2D eigenvalue weighted by atomic mass is 10.3. The van der Waals surface area contributed by atoms with E-state index in [-0.39, 0.29) is 28.7 Å². The van der Waals surface area contributed by atoms with Crippen LogP contribution in [-0.4, -0.2) is 38.9 Å². The Morgan fingerprint density at radius 3 is 2.30 bits per heavy atom. The van der Waals surface area contributed by atoms with Gasteiger partial charge in [-0.25, -0.2) is 8.42 Å². The highest BCUT2D eigenvalue weighted by Gasteiger charge is 2.18. The Labute approximate surface area is 196 Å². The summed E-state index contributed by atoms with van der Waals surface area (Å²) in [6.07, 6.45) is 0.0682. The van der Waals surface area contributed by atoms with Crippen LogP contribution in [0, 0.1) is 0 Å². The van der Waals surface area contributed by atoms with Crippen molar-refractivity contribution in [2.75, 3.05) is 30.0 Å². The quantitative estimate of drug-likeness (QED) is 0.421. The van der Waals surface area contributed by atoms with E-state index in [1.54, 1.807) is 36.4 Å². The van der Waals surface area contributed by atoms with Gasteiger partial charge in [0.05, 0.1) is 31.2 Å². The summed E-state index contributed by atoms with van der Waals surface area (Å²) in [6, 6.07) is 19.4. The summed E-state index contributed by atoms with van der Waals surface area (Å²) in [6.45, 7) is 0. The minimum absolute atomic E-state index is 0.00977. The molecule has 0 aliphatic carbocycles. The number of hydrogen-bond acceptors (Lipinski definition) is 6. The van der Waals surface area contributed by atoms with Crippen LogP contribution in [0.15, 0.2) is 82.6 Å². The Morgan fingerprint density at radius 1 is 0.970 bits per heavy atom. The van der Waals surface area contributed by atoms with Gasteiger partial charge in [0.25, 0.3) is 10.0 Å². The summed E-state index contributed by atoms with van der Waals surface area (Å²) in [5, 5.41) is 2.69. The van der Waals surface area contributed by atoms with Crippen LogP contribution in [0.1, 0.15) is 6.42 Å². The zero-order valence-corrected chi connectivity index (χ0v) is 19.7. The molecule has 0 aliphatic heterocycles. The minimum Gasteiger partial charge on any atom is -0.611 e. The fraction of sp³-hybridized carbons (Fsp3) is 0.174. The molecule has 1 unspecified atom stereocenters. The molecule has 0 aromatic heterocycles. The molecule has 0 radical (unpaired) electrons. The molecule has 1 atom stereocenters. The van der Waals surface area contributed by atoms with E-state index in [1.165, 1.54) is 44.6 Å². The lowest BCUT2D eigenvalue weighted by Gasteiger charge is -2.13. The van der Waals surface area contributed by atoms with Gasteiger partial charge in [0.1, 0.15) is 17.3 Å². The largest absolute Gasteiger partial charge is 0.611 e. The highest BCUT2D eigenvalue weighted by molar-refractivity contribution is 7.92. The van der Waals surface area contributed by atoms with Crippen LogP contribution in [0.3, 0.4) is 0 Å². The van der Waals surface area contributed by atoms with Crippen LogP contribution in [0.2, 0.25) is 0 Å². The molecule has 8 nitrogen and oxygen atoms in total. The number of carbonyl (C=O) groups is 1. The molecule has 3 aromatic carbocycles. The predicted molar refractivity (Wildman–Crippen MR) is 128 cm³/mol. The zero-order chi connectivity index (χ0) is 23.8. The maximum atomic E-state index is 12.8. The van der Waals surface area contributed by atoms with Gasteiger partial charge in [0, 0.05) is 11.8 Å². The van der Waals surface area contributed by atoms with Crippen molar-refractivity contribution in [2.45, 2.75) is 16.2 Å². The monoisotopic (exact) mass is 488 g/mol. The topological polar surface area (TPSA) is 117 Å².